The summed E-state index contributed by atoms with van der Waals surface area (Å²) in [6.45, 7) is 1.87. The molecule has 0 spiro atoms. The largest absolute Gasteiger partial charge is 0.493 e. The van der Waals surface area contributed by atoms with E-state index >= 15 is 0 Å². The maximum Gasteiger partial charge on any atom is 0.211 e. The topological polar surface area (TPSA) is 55.4 Å². The Morgan fingerprint density at radius 1 is 1.23 bits per heavy atom. The van der Waals surface area contributed by atoms with Gasteiger partial charge in [-0.2, -0.15) is 0 Å². The molecule has 0 aromatic heterocycles. The average Bonchev–Trinajstić information content (AvgIpc) is 2.49. The van der Waals surface area contributed by atoms with E-state index in [9.17, 15) is 17.2 Å². The van der Waals surface area contributed by atoms with Gasteiger partial charge in [0.1, 0.15) is 5.75 Å². The molecule has 0 amide bonds. The number of ether oxygens (including phenoxy) is 1. The molecule has 0 heterocycles. The Hall–Kier alpha value is -1.21. The predicted octanol–water partition coefficient (Wildman–Crippen LogP) is 2.84. The minimum Gasteiger partial charge on any atom is -0.493 e. The number of hydrogen-bond donors (Lipinski definition) is 1. The van der Waals surface area contributed by atoms with Gasteiger partial charge >= 0.3 is 0 Å². The van der Waals surface area contributed by atoms with E-state index in [4.69, 9.17) is 4.74 Å². The van der Waals surface area contributed by atoms with E-state index in [2.05, 4.69) is 4.72 Å². The van der Waals surface area contributed by atoms with Gasteiger partial charge in [0.2, 0.25) is 10.0 Å². The Bertz CT molecular complexity index is 607. The van der Waals surface area contributed by atoms with Crippen LogP contribution in [0, 0.1) is 17.6 Å². The lowest BCUT2D eigenvalue weighted by atomic mass is 9.86. The maximum atomic E-state index is 13.1. The zero-order valence-corrected chi connectivity index (χ0v) is 13.3. The van der Waals surface area contributed by atoms with Gasteiger partial charge in [-0.25, -0.2) is 21.9 Å². The molecule has 1 aromatic carbocycles. The lowest BCUT2D eigenvalue weighted by Crippen LogP contribution is -2.44. The summed E-state index contributed by atoms with van der Waals surface area (Å²) in [4.78, 5) is 0. The molecule has 1 aliphatic rings. The Kier molecular flexibility index (Phi) is 5.74. The van der Waals surface area contributed by atoms with Crippen molar-refractivity contribution in [2.75, 3.05) is 12.4 Å². The highest BCUT2D eigenvalue weighted by molar-refractivity contribution is 7.89. The van der Waals surface area contributed by atoms with Crippen molar-refractivity contribution in [2.45, 2.75) is 38.6 Å². The van der Waals surface area contributed by atoms with Crippen molar-refractivity contribution < 1.29 is 21.9 Å². The molecule has 4 nitrogen and oxygen atoms in total. The van der Waals surface area contributed by atoms with Gasteiger partial charge in [-0.3, -0.25) is 0 Å². The third-order valence-corrected chi connectivity index (χ3v) is 5.40. The molecular weight excluding hydrogens is 312 g/mol. The van der Waals surface area contributed by atoms with E-state index in [1.165, 1.54) is 6.07 Å². The molecule has 1 fully saturated rings. The van der Waals surface area contributed by atoms with E-state index in [0.29, 0.717) is 0 Å². The van der Waals surface area contributed by atoms with Crippen molar-refractivity contribution in [2.24, 2.45) is 5.92 Å². The molecule has 1 N–H and O–H groups in total. The minimum atomic E-state index is -3.26. The number of sulfonamides is 1. The normalized spacial score (nSPS) is 22.5. The molecule has 1 aromatic rings. The fourth-order valence-corrected chi connectivity index (χ4v) is 3.58. The first-order valence-corrected chi connectivity index (χ1v) is 9.14. The first kappa shape index (κ1) is 17.1. The van der Waals surface area contributed by atoms with Crippen LogP contribution in [0.4, 0.5) is 8.78 Å². The first-order valence-electron chi connectivity index (χ1n) is 7.49. The maximum absolute atomic E-state index is 13.1. The summed E-state index contributed by atoms with van der Waals surface area (Å²) in [5, 5.41) is 0. The standard InChI is InChI=1S/C15H21F2NO3S/c1-2-22(19,20)18-15-6-4-3-5-11(15)10-21-12-7-8-13(16)14(17)9-12/h7-9,11,15,18H,2-6,10H2,1H3/t11-,15?/m1/s1. The Labute approximate surface area is 129 Å². The van der Waals surface area contributed by atoms with Crippen LogP contribution in [0.3, 0.4) is 0 Å². The summed E-state index contributed by atoms with van der Waals surface area (Å²) >= 11 is 0. The highest BCUT2D eigenvalue weighted by Crippen LogP contribution is 2.26. The minimum absolute atomic E-state index is 0.0307. The van der Waals surface area contributed by atoms with Crippen LogP contribution in [0.5, 0.6) is 5.75 Å². The van der Waals surface area contributed by atoms with Gasteiger partial charge in [0.15, 0.2) is 11.6 Å². The Morgan fingerprint density at radius 3 is 2.64 bits per heavy atom. The number of benzene rings is 1. The summed E-state index contributed by atoms with van der Waals surface area (Å²) in [5.41, 5.74) is 0. The van der Waals surface area contributed by atoms with E-state index in [0.717, 1.165) is 37.8 Å². The summed E-state index contributed by atoms with van der Waals surface area (Å²) < 4.78 is 57.7. The molecule has 1 saturated carbocycles. The smallest absolute Gasteiger partial charge is 0.211 e. The molecule has 2 atom stereocenters. The van der Waals surface area contributed by atoms with Crippen molar-refractivity contribution in [1.29, 1.82) is 0 Å². The van der Waals surface area contributed by atoms with Gasteiger partial charge in [-0.05, 0) is 31.9 Å². The second-order valence-electron chi connectivity index (χ2n) is 5.56. The van der Waals surface area contributed by atoms with Gasteiger partial charge in [-0.1, -0.05) is 12.8 Å². The second-order valence-corrected chi connectivity index (χ2v) is 7.60. The molecule has 2 rings (SSSR count). The van der Waals surface area contributed by atoms with E-state index < -0.39 is 21.7 Å². The molecule has 0 aliphatic heterocycles. The van der Waals surface area contributed by atoms with Crippen LogP contribution in [-0.2, 0) is 10.0 Å². The SMILES string of the molecule is CCS(=O)(=O)NC1CCCC[C@@H]1COc1ccc(F)c(F)c1. The molecule has 7 heteroatoms. The molecule has 0 saturated heterocycles. The van der Waals surface area contributed by atoms with Crippen LogP contribution in [0.1, 0.15) is 32.6 Å². The number of halogens is 2. The Balaban J connectivity index is 1.97. The summed E-state index contributed by atoms with van der Waals surface area (Å²) in [5.74, 6) is -1.55. The van der Waals surface area contributed by atoms with Crippen molar-refractivity contribution in [1.82, 2.24) is 4.72 Å². The van der Waals surface area contributed by atoms with Crippen LogP contribution in [-0.4, -0.2) is 26.8 Å². The zero-order valence-electron chi connectivity index (χ0n) is 12.5. The van der Waals surface area contributed by atoms with Crippen molar-refractivity contribution in [3.8, 4) is 5.75 Å². The van der Waals surface area contributed by atoms with E-state index in [1.807, 2.05) is 0 Å². The average molecular weight is 333 g/mol. The van der Waals surface area contributed by atoms with Crippen LogP contribution in [0.25, 0.3) is 0 Å². The van der Waals surface area contributed by atoms with Gasteiger partial charge in [0.25, 0.3) is 0 Å². The lowest BCUT2D eigenvalue weighted by Gasteiger charge is -2.31. The molecule has 22 heavy (non-hydrogen) atoms. The zero-order chi connectivity index (χ0) is 16.2. The van der Waals surface area contributed by atoms with Crippen LogP contribution >= 0.6 is 0 Å². The first-order chi connectivity index (χ1) is 10.4. The molecule has 1 unspecified atom stereocenters. The number of nitrogens with one attached hydrogen (secondary N) is 1. The van der Waals surface area contributed by atoms with Crippen molar-refractivity contribution >= 4 is 10.0 Å². The fraction of sp³-hybridized carbons (Fsp3) is 0.600. The molecule has 1 aliphatic carbocycles. The number of rotatable bonds is 6. The molecular formula is C15H21F2NO3S. The summed E-state index contributed by atoms with van der Waals surface area (Å²) in [6.07, 6.45) is 3.60. The summed E-state index contributed by atoms with van der Waals surface area (Å²) in [6, 6.07) is 3.22. The van der Waals surface area contributed by atoms with Crippen LogP contribution in [0.15, 0.2) is 18.2 Å². The molecule has 124 valence electrons. The van der Waals surface area contributed by atoms with E-state index in [1.54, 1.807) is 6.92 Å². The molecule has 0 radical (unpaired) electrons. The highest BCUT2D eigenvalue weighted by atomic mass is 32.2. The monoisotopic (exact) mass is 333 g/mol. The summed E-state index contributed by atoms with van der Waals surface area (Å²) in [7, 11) is -3.26. The fourth-order valence-electron chi connectivity index (χ4n) is 2.65. The van der Waals surface area contributed by atoms with Crippen molar-refractivity contribution in [3.05, 3.63) is 29.8 Å². The predicted molar refractivity (Wildman–Crippen MR) is 80.2 cm³/mol. The van der Waals surface area contributed by atoms with E-state index in [-0.39, 0.29) is 30.1 Å². The second kappa shape index (κ2) is 7.37. The van der Waals surface area contributed by atoms with Gasteiger partial charge in [-0.15, -0.1) is 0 Å². The number of hydrogen-bond acceptors (Lipinski definition) is 3. The van der Waals surface area contributed by atoms with Crippen LogP contribution in [0.2, 0.25) is 0 Å². The lowest BCUT2D eigenvalue weighted by molar-refractivity contribution is 0.179. The molecule has 0 bridgehead atoms. The Morgan fingerprint density at radius 2 is 1.95 bits per heavy atom. The quantitative estimate of drug-likeness (QED) is 0.871. The van der Waals surface area contributed by atoms with Gasteiger partial charge in [0, 0.05) is 18.0 Å². The third-order valence-electron chi connectivity index (χ3n) is 3.98. The third kappa shape index (κ3) is 4.64. The van der Waals surface area contributed by atoms with Gasteiger partial charge < -0.3 is 4.74 Å². The van der Waals surface area contributed by atoms with Crippen molar-refractivity contribution in [3.63, 3.8) is 0 Å². The van der Waals surface area contributed by atoms with Crippen LogP contribution < -0.4 is 9.46 Å². The van der Waals surface area contributed by atoms with Gasteiger partial charge in [0.05, 0.1) is 12.4 Å². The highest BCUT2D eigenvalue weighted by Gasteiger charge is 2.28.